The zero-order valence-corrected chi connectivity index (χ0v) is 9.67. The Kier molecular flexibility index (Phi) is 3.13. The van der Waals surface area contributed by atoms with E-state index in [2.05, 4.69) is 6.92 Å². The van der Waals surface area contributed by atoms with Gasteiger partial charge >= 0.3 is 5.97 Å². The summed E-state index contributed by atoms with van der Waals surface area (Å²) in [5.41, 5.74) is 1.23. The van der Waals surface area contributed by atoms with Gasteiger partial charge in [-0.3, -0.25) is 4.79 Å². The summed E-state index contributed by atoms with van der Waals surface area (Å²) in [6.07, 6.45) is 1.94. The first-order chi connectivity index (χ1) is 8.11. The highest BCUT2D eigenvalue weighted by Crippen LogP contribution is 2.34. The molecule has 1 aromatic carbocycles. The summed E-state index contributed by atoms with van der Waals surface area (Å²) in [4.78, 5) is 23.4. The number of carbonyl (C=O) groups excluding carboxylic acids is 1. The van der Waals surface area contributed by atoms with Gasteiger partial charge in [-0.2, -0.15) is 0 Å². The number of carboxylic acids is 1. The van der Waals surface area contributed by atoms with E-state index < -0.39 is 5.97 Å². The van der Waals surface area contributed by atoms with Crippen LogP contribution >= 0.6 is 0 Å². The van der Waals surface area contributed by atoms with E-state index in [4.69, 9.17) is 5.11 Å². The Morgan fingerprint density at radius 3 is 2.47 bits per heavy atom. The molecular weight excluding hydrogens is 218 g/mol. The molecule has 2 atom stereocenters. The Morgan fingerprint density at radius 1 is 1.47 bits per heavy atom. The molecule has 0 spiro atoms. The molecule has 0 aliphatic heterocycles. The van der Waals surface area contributed by atoms with Crippen LogP contribution in [0.2, 0.25) is 0 Å². The average molecular weight is 233 g/mol. The monoisotopic (exact) mass is 233 g/mol. The fraction of sp³-hybridized carbons (Fsp3) is 0.385. The number of benzene rings is 1. The highest BCUT2D eigenvalue weighted by Gasteiger charge is 2.37. The van der Waals surface area contributed by atoms with Gasteiger partial charge in [0.25, 0.3) is 0 Å². The lowest BCUT2D eigenvalue weighted by atomic mass is 10.1. The van der Waals surface area contributed by atoms with Gasteiger partial charge < -0.3 is 10.0 Å². The van der Waals surface area contributed by atoms with Gasteiger partial charge in [-0.1, -0.05) is 19.1 Å². The zero-order valence-electron chi connectivity index (χ0n) is 9.67. The summed E-state index contributed by atoms with van der Waals surface area (Å²) in [5, 5.41) is 8.77. The molecule has 1 aliphatic rings. The van der Waals surface area contributed by atoms with Crippen molar-refractivity contribution in [3.63, 3.8) is 0 Å². The number of amides is 1. The Hall–Kier alpha value is -1.84. The van der Waals surface area contributed by atoms with Crippen molar-refractivity contribution in [3.8, 4) is 0 Å². The molecule has 2 rings (SSSR count). The molecule has 2 unspecified atom stereocenters. The van der Waals surface area contributed by atoms with Crippen LogP contribution in [-0.2, 0) is 11.3 Å². The predicted octanol–water partition coefficient (Wildman–Crippen LogP) is 1.75. The fourth-order valence-electron chi connectivity index (χ4n) is 1.96. The van der Waals surface area contributed by atoms with Crippen molar-refractivity contribution in [2.75, 3.05) is 0 Å². The second-order valence-electron chi connectivity index (χ2n) is 4.56. The first-order valence-corrected chi connectivity index (χ1v) is 5.65. The normalized spacial score (nSPS) is 21.9. The molecule has 0 bridgehead atoms. The van der Waals surface area contributed by atoms with Crippen LogP contribution in [0.15, 0.2) is 24.3 Å². The maximum Gasteiger partial charge on any atom is 0.335 e. The van der Waals surface area contributed by atoms with Crippen molar-refractivity contribution in [2.45, 2.75) is 25.9 Å². The van der Waals surface area contributed by atoms with E-state index in [9.17, 15) is 9.59 Å². The summed E-state index contributed by atoms with van der Waals surface area (Å²) < 4.78 is 0. The van der Waals surface area contributed by atoms with Crippen LogP contribution in [0.25, 0.3) is 0 Å². The summed E-state index contributed by atoms with van der Waals surface area (Å²) in [7, 11) is 0. The summed E-state index contributed by atoms with van der Waals surface area (Å²) in [6.45, 7) is 2.67. The van der Waals surface area contributed by atoms with Crippen molar-refractivity contribution in [3.05, 3.63) is 35.4 Å². The second-order valence-corrected chi connectivity index (χ2v) is 4.56. The van der Waals surface area contributed by atoms with Gasteiger partial charge in [-0.05, 0) is 30.0 Å². The van der Waals surface area contributed by atoms with E-state index in [1.807, 2.05) is 0 Å². The van der Waals surface area contributed by atoms with E-state index in [0.717, 1.165) is 18.4 Å². The van der Waals surface area contributed by atoms with Gasteiger partial charge in [0.1, 0.15) is 0 Å². The van der Waals surface area contributed by atoms with Crippen LogP contribution in [0, 0.1) is 5.92 Å². The topological polar surface area (TPSA) is 57.6 Å². The zero-order chi connectivity index (χ0) is 12.4. The molecule has 0 heterocycles. The molecule has 1 N–H and O–H groups in total. The first kappa shape index (κ1) is 11.6. The standard InChI is InChI=1S/C13H15NO3/c1-9-6-12(9)14(8-15)7-10-2-4-11(5-3-10)13(16)17/h2-5,8-9,12H,6-7H2,1H3,(H,16,17). The molecule has 17 heavy (non-hydrogen) atoms. The van der Waals surface area contributed by atoms with Crippen LogP contribution in [-0.4, -0.2) is 28.4 Å². The molecule has 90 valence electrons. The molecule has 0 aromatic heterocycles. The van der Waals surface area contributed by atoms with Gasteiger partial charge in [0.15, 0.2) is 0 Å². The Morgan fingerprint density at radius 2 is 2.06 bits per heavy atom. The van der Waals surface area contributed by atoms with Crippen LogP contribution in [0.3, 0.4) is 0 Å². The van der Waals surface area contributed by atoms with Crippen molar-refractivity contribution < 1.29 is 14.7 Å². The maximum absolute atomic E-state index is 10.9. The first-order valence-electron chi connectivity index (χ1n) is 5.65. The third-order valence-electron chi connectivity index (χ3n) is 3.19. The molecule has 0 radical (unpaired) electrons. The lowest BCUT2D eigenvalue weighted by Crippen LogP contribution is -2.24. The summed E-state index contributed by atoms with van der Waals surface area (Å²) in [6, 6.07) is 7.00. The van der Waals surface area contributed by atoms with Crippen molar-refractivity contribution in [1.82, 2.24) is 4.90 Å². The number of aromatic carboxylic acids is 1. The quantitative estimate of drug-likeness (QED) is 0.788. The van der Waals surface area contributed by atoms with E-state index in [1.54, 1.807) is 29.2 Å². The third kappa shape index (κ3) is 2.64. The largest absolute Gasteiger partial charge is 0.478 e. The minimum atomic E-state index is -0.931. The fourth-order valence-corrected chi connectivity index (χ4v) is 1.96. The number of nitrogens with zero attached hydrogens (tertiary/aromatic N) is 1. The van der Waals surface area contributed by atoms with Crippen molar-refractivity contribution >= 4 is 12.4 Å². The van der Waals surface area contributed by atoms with Gasteiger partial charge in [0.2, 0.25) is 6.41 Å². The number of carbonyl (C=O) groups is 2. The number of hydrogen-bond donors (Lipinski definition) is 1. The molecule has 4 nitrogen and oxygen atoms in total. The second kappa shape index (κ2) is 4.57. The molecule has 1 aliphatic carbocycles. The number of carboxylic acid groups (broad SMARTS) is 1. The molecule has 4 heteroatoms. The van der Waals surface area contributed by atoms with E-state index in [1.165, 1.54) is 0 Å². The summed E-state index contributed by atoms with van der Waals surface area (Å²) in [5.74, 6) is -0.349. The SMILES string of the molecule is CC1CC1N(C=O)Cc1ccc(C(=O)O)cc1. The number of hydrogen-bond acceptors (Lipinski definition) is 2. The lowest BCUT2D eigenvalue weighted by molar-refractivity contribution is -0.119. The maximum atomic E-state index is 10.9. The number of rotatable bonds is 5. The molecule has 1 saturated carbocycles. The smallest absolute Gasteiger partial charge is 0.335 e. The lowest BCUT2D eigenvalue weighted by Gasteiger charge is -2.17. The minimum absolute atomic E-state index is 0.270. The molecule has 1 amide bonds. The predicted molar refractivity (Wildman–Crippen MR) is 62.6 cm³/mol. The molecule has 0 saturated heterocycles. The molecular formula is C13H15NO3. The van der Waals surface area contributed by atoms with Gasteiger partial charge in [0.05, 0.1) is 5.56 Å². The molecule has 1 aromatic rings. The van der Waals surface area contributed by atoms with E-state index in [0.29, 0.717) is 18.5 Å². The van der Waals surface area contributed by atoms with Crippen molar-refractivity contribution in [2.24, 2.45) is 5.92 Å². The van der Waals surface area contributed by atoms with Gasteiger partial charge in [-0.15, -0.1) is 0 Å². The van der Waals surface area contributed by atoms with Crippen LogP contribution < -0.4 is 0 Å². The summed E-state index contributed by atoms with van der Waals surface area (Å²) >= 11 is 0. The Bertz CT molecular complexity index is 427. The van der Waals surface area contributed by atoms with E-state index >= 15 is 0 Å². The highest BCUT2D eigenvalue weighted by atomic mass is 16.4. The average Bonchev–Trinajstić information content (AvgIpc) is 3.04. The highest BCUT2D eigenvalue weighted by molar-refractivity contribution is 5.87. The van der Waals surface area contributed by atoms with E-state index in [-0.39, 0.29) is 5.56 Å². The Labute approximate surface area is 99.9 Å². The molecule has 1 fully saturated rings. The van der Waals surface area contributed by atoms with Gasteiger partial charge in [-0.25, -0.2) is 4.79 Å². The van der Waals surface area contributed by atoms with Gasteiger partial charge in [0, 0.05) is 12.6 Å². The Balaban J connectivity index is 2.02. The van der Waals surface area contributed by atoms with Crippen LogP contribution in [0.1, 0.15) is 29.3 Å². The van der Waals surface area contributed by atoms with Crippen molar-refractivity contribution in [1.29, 1.82) is 0 Å². The van der Waals surface area contributed by atoms with Crippen LogP contribution in [0.5, 0.6) is 0 Å². The van der Waals surface area contributed by atoms with Crippen LogP contribution in [0.4, 0.5) is 0 Å². The third-order valence-corrected chi connectivity index (χ3v) is 3.19. The minimum Gasteiger partial charge on any atom is -0.478 e.